The van der Waals surface area contributed by atoms with Crippen LogP contribution in [0.3, 0.4) is 0 Å². The van der Waals surface area contributed by atoms with E-state index in [4.69, 9.17) is 26.0 Å². The normalized spacial score (nSPS) is 25.6. The average molecular weight is 342 g/mol. The molecule has 0 spiro atoms. The first kappa shape index (κ1) is 18.2. The van der Waals surface area contributed by atoms with E-state index < -0.39 is 6.10 Å². The molecule has 23 heavy (non-hydrogen) atoms. The van der Waals surface area contributed by atoms with Gasteiger partial charge in [-0.25, -0.2) is 4.42 Å². The molecule has 0 bridgehead atoms. The lowest BCUT2D eigenvalue weighted by atomic mass is 9.95. The maximum Gasteiger partial charge on any atom is 0.328 e. The molecule has 1 heterocycles. The fourth-order valence-electron chi connectivity index (χ4n) is 2.53. The number of nitrogens with zero attached hydrogens (tertiary/aromatic N) is 3. The minimum absolute atomic E-state index is 0.110. The van der Waals surface area contributed by atoms with Gasteiger partial charge >= 0.3 is 5.71 Å². The molecule has 0 aromatic heterocycles. The summed E-state index contributed by atoms with van der Waals surface area (Å²) in [5.74, 6) is 0.664. The van der Waals surface area contributed by atoms with E-state index in [-0.39, 0.29) is 6.04 Å². The van der Waals surface area contributed by atoms with Crippen molar-refractivity contribution in [1.29, 1.82) is 0 Å². The van der Waals surface area contributed by atoms with Gasteiger partial charge < -0.3 is 19.7 Å². The maximum absolute atomic E-state index is 9.27. The number of halogens is 1. The molecule has 1 saturated heterocycles. The second-order valence-electron chi connectivity index (χ2n) is 5.51. The Labute approximate surface area is 142 Å². The number of hydrogen-bond acceptors (Lipinski definition) is 4. The second kappa shape index (κ2) is 9.21. The topological polar surface area (TPSA) is 67.3 Å². The highest BCUT2D eigenvalue weighted by atomic mass is 35.5. The molecule has 2 atom stereocenters. The quantitative estimate of drug-likeness (QED) is 0.405. The van der Waals surface area contributed by atoms with Crippen LogP contribution >= 0.6 is 11.8 Å². The standard InChI is InChI=1S/C16H24ClN3O3/c1-3-6-22-15-10-13(19-18)16(23-7-4-2)9-12(15)14-11-21-8-5-20(14)17/h9-10,14,16H,3-8,11H2,1-2H3. The Morgan fingerprint density at radius 3 is 2.83 bits per heavy atom. The molecule has 2 rings (SSSR count). The lowest BCUT2D eigenvalue weighted by molar-refractivity contribution is -0.0236. The fraction of sp³-hybridized carbons (Fsp3) is 0.688. The van der Waals surface area contributed by atoms with E-state index >= 15 is 0 Å². The van der Waals surface area contributed by atoms with Crippen molar-refractivity contribution < 1.29 is 19.0 Å². The molecule has 1 aliphatic heterocycles. The van der Waals surface area contributed by atoms with Crippen molar-refractivity contribution in [3.63, 3.8) is 0 Å². The van der Waals surface area contributed by atoms with E-state index in [0.29, 0.717) is 44.4 Å². The van der Waals surface area contributed by atoms with Gasteiger partial charge in [0.15, 0.2) is 6.10 Å². The molecular formula is C16H24ClN3O3. The summed E-state index contributed by atoms with van der Waals surface area (Å²) in [6.45, 7) is 6.99. The van der Waals surface area contributed by atoms with Gasteiger partial charge in [0.1, 0.15) is 5.76 Å². The third-order valence-electron chi connectivity index (χ3n) is 3.69. The van der Waals surface area contributed by atoms with Crippen LogP contribution < -0.4 is 0 Å². The van der Waals surface area contributed by atoms with E-state index in [0.717, 1.165) is 18.4 Å². The Kier molecular flexibility index (Phi) is 7.27. The van der Waals surface area contributed by atoms with Crippen molar-refractivity contribution in [1.82, 2.24) is 4.42 Å². The van der Waals surface area contributed by atoms with E-state index in [2.05, 4.69) is 4.79 Å². The van der Waals surface area contributed by atoms with Crippen LogP contribution in [0.15, 0.2) is 23.5 Å². The minimum atomic E-state index is -0.407. The van der Waals surface area contributed by atoms with E-state index in [1.165, 1.54) is 0 Å². The predicted molar refractivity (Wildman–Crippen MR) is 88.2 cm³/mol. The zero-order chi connectivity index (χ0) is 16.7. The summed E-state index contributed by atoms with van der Waals surface area (Å²) in [4.78, 5) is 3.35. The molecule has 2 aliphatic rings. The molecule has 2 unspecified atom stereocenters. The molecule has 0 saturated carbocycles. The van der Waals surface area contributed by atoms with E-state index in [1.807, 2.05) is 19.9 Å². The highest BCUT2D eigenvalue weighted by Gasteiger charge is 2.35. The van der Waals surface area contributed by atoms with E-state index in [1.54, 1.807) is 10.5 Å². The Morgan fingerprint density at radius 2 is 2.17 bits per heavy atom. The van der Waals surface area contributed by atoms with Crippen LogP contribution in [0.5, 0.6) is 0 Å². The lowest BCUT2D eigenvalue weighted by Crippen LogP contribution is -2.43. The zero-order valence-electron chi connectivity index (χ0n) is 13.7. The maximum atomic E-state index is 9.27. The smallest absolute Gasteiger partial charge is 0.328 e. The van der Waals surface area contributed by atoms with Crippen molar-refractivity contribution in [3.8, 4) is 0 Å². The van der Waals surface area contributed by atoms with Crippen LogP contribution in [0.25, 0.3) is 5.53 Å². The highest BCUT2D eigenvalue weighted by Crippen LogP contribution is 2.28. The van der Waals surface area contributed by atoms with Gasteiger partial charge in [0, 0.05) is 18.7 Å². The number of rotatable bonds is 7. The van der Waals surface area contributed by atoms with Crippen molar-refractivity contribution in [2.45, 2.75) is 38.8 Å². The van der Waals surface area contributed by atoms with Crippen molar-refractivity contribution in [2.75, 3.05) is 33.0 Å². The Balaban J connectivity index is 2.28. The van der Waals surface area contributed by atoms with Crippen molar-refractivity contribution in [2.24, 2.45) is 0 Å². The SMILES string of the molecule is CCCOC1=CC(=[N+]=[N-])C(OCCC)C=C1C1COCCN1Cl. The monoisotopic (exact) mass is 341 g/mol. The predicted octanol–water partition coefficient (Wildman–Crippen LogP) is 2.56. The van der Waals surface area contributed by atoms with Gasteiger partial charge in [0.2, 0.25) is 0 Å². The summed E-state index contributed by atoms with van der Waals surface area (Å²) in [5.41, 5.74) is 10.6. The molecular weight excluding hydrogens is 318 g/mol. The summed E-state index contributed by atoms with van der Waals surface area (Å²) in [6.07, 6.45) is 5.01. The largest absolute Gasteiger partial charge is 0.493 e. The van der Waals surface area contributed by atoms with Crippen molar-refractivity contribution >= 4 is 17.5 Å². The number of ether oxygens (including phenoxy) is 3. The van der Waals surface area contributed by atoms with Gasteiger partial charge in [0.25, 0.3) is 0 Å². The summed E-state index contributed by atoms with van der Waals surface area (Å²) >= 11 is 6.35. The van der Waals surface area contributed by atoms with Crippen LogP contribution in [0.4, 0.5) is 0 Å². The average Bonchev–Trinajstić information content (AvgIpc) is 2.58. The fourth-order valence-corrected chi connectivity index (χ4v) is 2.76. The number of morpholine rings is 1. The van der Waals surface area contributed by atoms with Gasteiger partial charge in [-0.05, 0) is 30.7 Å². The summed E-state index contributed by atoms with van der Waals surface area (Å²) in [7, 11) is 0. The molecule has 0 radical (unpaired) electrons. The molecule has 0 aromatic rings. The van der Waals surface area contributed by atoms with Crippen LogP contribution in [0.1, 0.15) is 26.7 Å². The van der Waals surface area contributed by atoms with Gasteiger partial charge in [0.05, 0.1) is 31.9 Å². The molecule has 6 nitrogen and oxygen atoms in total. The first-order valence-corrected chi connectivity index (χ1v) is 8.45. The Bertz CT molecular complexity index is 515. The van der Waals surface area contributed by atoms with Crippen LogP contribution in [-0.4, -0.2) is 60.0 Å². The zero-order valence-corrected chi connectivity index (χ0v) is 14.5. The molecule has 128 valence electrons. The molecule has 0 N–H and O–H groups in total. The molecule has 1 fully saturated rings. The minimum Gasteiger partial charge on any atom is -0.493 e. The Hall–Kier alpha value is -1.17. The van der Waals surface area contributed by atoms with Gasteiger partial charge in [-0.1, -0.05) is 13.8 Å². The summed E-state index contributed by atoms with van der Waals surface area (Å²) < 4.78 is 18.9. The van der Waals surface area contributed by atoms with Crippen LogP contribution in [0.2, 0.25) is 0 Å². The lowest BCUT2D eigenvalue weighted by Gasteiger charge is -2.34. The number of hydrogen-bond donors (Lipinski definition) is 0. The van der Waals surface area contributed by atoms with E-state index in [9.17, 15) is 5.53 Å². The second-order valence-corrected chi connectivity index (χ2v) is 5.94. The summed E-state index contributed by atoms with van der Waals surface area (Å²) in [6, 6.07) is -0.110. The Morgan fingerprint density at radius 1 is 1.39 bits per heavy atom. The first-order chi connectivity index (χ1) is 11.2. The van der Waals surface area contributed by atoms with Crippen molar-refractivity contribution in [3.05, 3.63) is 29.0 Å². The molecule has 0 aromatic carbocycles. The van der Waals surface area contributed by atoms with Gasteiger partial charge in [-0.15, -0.1) is 0 Å². The third kappa shape index (κ3) is 4.66. The molecule has 0 amide bonds. The van der Waals surface area contributed by atoms with Crippen LogP contribution in [-0.2, 0) is 14.2 Å². The van der Waals surface area contributed by atoms with Crippen LogP contribution in [0, 0.1) is 0 Å². The third-order valence-corrected chi connectivity index (χ3v) is 4.09. The summed E-state index contributed by atoms with van der Waals surface area (Å²) in [5, 5.41) is 0. The van der Waals surface area contributed by atoms with Gasteiger partial charge in [-0.3, -0.25) is 0 Å². The molecule has 1 aliphatic carbocycles. The molecule has 7 heteroatoms. The highest BCUT2D eigenvalue weighted by molar-refractivity contribution is 6.13. The van der Waals surface area contributed by atoms with Gasteiger partial charge in [-0.2, -0.15) is 4.79 Å². The first-order valence-electron chi connectivity index (χ1n) is 8.11.